The largest absolute Gasteiger partial charge is 0.480 e. The van der Waals surface area contributed by atoms with Crippen molar-refractivity contribution in [2.75, 3.05) is 6.54 Å². The Morgan fingerprint density at radius 1 is 1.54 bits per heavy atom. The standard InChI is InChI=1S/C9H17NO3/c1-6(9(12)13)10-5-3-4-8(10)7(2)11/h6-8,11H,3-5H2,1-2H3,(H,12,13)/t6-,7+,8-/m1/s1. The molecule has 1 heterocycles. The molecule has 0 aliphatic carbocycles. The Hall–Kier alpha value is -0.610. The summed E-state index contributed by atoms with van der Waals surface area (Å²) in [6, 6.07) is -0.465. The third kappa shape index (κ3) is 2.19. The zero-order valence-corrected chi connectivity index (χ0v) is 8.10. The number of carboxylic acids is 1. The van der Waals surface area contributed by atoms with Crippen LogP contribution in [0.4, 0.5) is 0 Å². The number of rotatable bonds is 3. The fraction of sp³-hybridized carbons (Fsp3) is 0.889. The van der Waals surface area contributed by atoms with Gasteiger partial charge >= 0.3 is 5.97 Å². The van der Waals surface area contributed by atoms with Crippen molar-refractivity contribution >= 4 is 5.97 Å². The summed E-state index contributed by atoms with van der Waals surface area (Å²) >= 11 is 0. The minimum absolute atomic E-state index is 0.0195. The highest BCUT2D eigenvalue weighted by atomic mass is 16.4. The smallest absolute Gasteiger partial charge is 0.320 e. The van der Waals surface area contributed by atoms with Crippen molar-refractivity contribution in [1.29, 1.82) is 0 Å². The molecule has 0 unspecified atom stereocenters. The minimum Gasteiger partial charge on any atom is -0.480 e. The Balaban J connectivity index is 2.62. The van der Waals surface area contributed by atoms with Crippen LogP contribution in [0.15, 0.2) is 0 Å². The molecule has 76 valence electrons. The van der Waals surface area contributed by atoms with Crippen molar-refractivity contribution in [2.24, 2.45) is 0 Å². The lowest BCUT2D eigenvalue weighted by Gasteiger charge is -2.29. The Morgan fingerprint density at radius 2 is 2.15 bits per heavy atom. The van der Waals surface area contributed by atoms with Gasteiger partial charge in [-0.15, -0.1) is 0 Å². The van der Waals surface area contributed by atoms with Crippen LogP contribution >= 0.6 is 0 Å². The van der Waals surface area contributed by atoms with Crippen molar-refractivity contribution < 1.29 is 15.0 Å². The van der Waals surface area contributed by atoms with E-state index in [4.69, 9.17) is 5.11 Å². The summed E-state index contributed by atoms with van der Waals surface area (Å²) in [5.74, 6) is -0.812. The van der Waals surface area contributed by atoms with Crippen LogP contribution in [0.25, 0.3) is 0 Å². The Bertz CT molecular complexity index is 193. The number of carboxylic acid groups (broad SMARTS) is 1. The van der Waals surface area contributed by atoms with Crippen LogP contribution in [0, 0.1) is 0 Å². The van der Waals surface area contributed by atoms with Crippen molar-refractivity contribution in [3.8, 4) is 0 Å². The van der Waals surface area contributed by atoms with E-state index in [1.807, 2.05) is 4.90 Å². The van der Waals surface area contributed by atoms with Gasteiger partial charge in [0.25, 0.3) is 0 Å². The predicted molar refractivity (Wildman–Crippen MR) is 48.5 cm³/mol. The molecule has 0 saturated carbocycles. The summed E-state index contributed by atoms with van der Waals surface area (Å²) < 4.78 is 0. The van der Waals surface area contributed by atoms with E-state index in [9.17, 15) is 9.90 Å². The highest BCUT2D eigenvalue weighted by Crippen LogP contribution is 2.22. The van der Waals surface area contributed by atoms with Gasteiger partial charge in [0.1, 0.15) is 6.04 Å². The highest BCUT2D eigenvalue weighted by molar-refractivity contribution is 5.73. The zero-order valence-electron chi connectivity index (χ0n) is 8.10. The quantitative estimate of drug-likeness (QED) is 0.667. The van der Waals surface area contributed by atoms with Gasteiger partial charge in [0.05, 0.1) is 6.10 Å². The van der Waals surface area contributed by atoms with E-state index in [1.54, 1.807) is 13.8 Å². The van der Waals surface area contributed by atoms with Gasteiger partial charge in [-0.25, -0.2) is 0 Å². The number of aliphatic carboxylic acids is 1. The van der Waals surface area contributed by atoms with Gasteiger partial charge in [0.15, 0.2) is 0 Å². The highest BCUT2D eigenvalue weighted by Gasteiger charge is 2.34. The summed E-state index contributed by atoms with van der Waals surface area (Å²) in [5, 5.41) is 18.2. The number of hydrogen-bond donors (Lipinski definition) is 2. The normalized spacial score (nSPS) is 28.7. The monoisotopic (exact) mass is 187 g/mol. The second-order valence-electron chi connectivity index (χ2n) is 3.70. The first-order valence-corrected chi connectivity index (χ1v) is 4.70. The Kier molecular flexibility index (Phi) is 3.27. The van der Waals surface area contributed by atoms with Crippen molar-refractivity contribution in [1.82, 2.24) is 4.90 Å². The average Bonchev–Trinajstić information content (AvgIpc) is 2.50. The number of likely N-dealkylation sites (tertiary alicyclic amines) is 1. The molecule has 0 aromatic carbocycles. The van der Waals surface area contributed by atoms with Gasteiger partial charge in [-0.3, -0.25) is 9.69 Å². The molecule has 2 N–H and O–H groups in total. The lowest BCUT2D eigenvalue weighted by Crippen LogP contribution is -2.46. The first-order chi connectivity index (χ1) is 6.04. The van der Waals surface area contributed by atoms with E-state index in [2.05, 4.69) is 0 Å². The molecule has 1 fully saturated rings. The maximum Gasteiger partial charge on any atom is 0.320 e. The molecule has 1 aliphatic heterocycles. The van der Waals surface area contributed by atoms with Crippen molar-refractivity contribution in [2.45, 2.75) is 44.9 Å². The van der Waals surface area contributed by atoms with Gasteiger partial charge in [0.2, 0.25) is 0 Å². The van der Waals surface area contributed by atoms with Crippen LogP contribution in [-0.2, 0) is 4.79 Å². The maximum absolute atomic E-state index is 10.7. The predicted octanol–water partition coefficient (Wildman–Crippen LogP) is 0.305. The molecule has 0 aromatic heterocycles. The summed E-state index contributed by atoms with van der Waals surface area (Å²) in [4.78, 5) is 12.6. The molecule has 1 rings (SSSR count). The fourth-order valence-corrected chi connectivity index (χ4v) is 1.96. The van der Waals surface area contributed by atoms with Crippen molar-refractivity contribution in [3.05, 3.63) is 0 Å². The van der Waals surface area contributed by atoms with Crippen LogP contribution in [0.2, 0.25) is 0 Å². The van der Waals surface area contributed by atoms with E-state index in [-0.39, 0.29) is 6.04 Å². The van der Waals surface area contributed by atoms with Gasteiger partial charge in [-0.2, -0.15) is 0 Å². The number of aliphatic hydroxyl groups excluding tert-OH is 1. The fourth-order valence-electron chi connectivity index (χ4n) is 1.96. The lowest BCUT2D eigenvalue weighted by molar-refractivity contribution is -0.143. The summed E-state index contributed by atoms with van der Waals surface area (Å²) in [5.41, 5.74) is 0. The van der Waals surface area contributed by atoms with Crippen LogP contribution in [-0.4, -0.2) is 45.8 Å². The molecule has 1 saturated heterocycles. The Morgan fingerprint density at radius 3 is 2.62 bits per heavy atom. The van der Waals surface area contributed by atoms with Gasteiger partial charge < -0.3 is 10.2 Å². The molecule has 4 nitrogen and oxygen atoms in total. The van der Waals surface area contributed by atoms with Gasteiger partial charge in [0, 0.05) is 6.04 Å². The van der Waals surface area contributed by atoms with E-state index in [0.717, 1.165) is 19.4 Å². The molecule has 4 heteroatoms. The van der Waals surface area contributed by atoms with Gasteiger partial charge in [-0.1, -0.05) is 0 Å². The molecule has 0 bridgehead atoms. The van der Waals surface area contributed by atoms with E-state index < -0.39 is 18.1 Å². The zero-order chi connectivity index (χ0) is 10.0. The average molecular weight is 187 g/mol. The third-order valence-corrected chi connectivity index (χ3v) is 2.75. The number of nitrogens with zero attached hydrogens (tertiary/aromatic N) is 1. The second kappa shape index (κ2) is 4.07. The number of carbonyl (C=O) groups is 1. The summed E-state index contributed by atoms with van der Waals surface area (Å²) in [6.07, 6.45) is 1.44. The number of hydrogen-bond acceptors (Lipinski definition) is 3. The first kappa shape index (κ1) is 10.5. The topological polar surface area (TPSA) is 60.8 Å². The van der Waals surface area contributed by atoms with Crippen LogP contribution in [0.5, 0.6) is 0 Å². The van der Waals surface area contributed by atoms with Crippen LogP contribution in [0.1, 0.15) is 26.7 Å². The molecule has 0 amide bonds. The lowest BCUT2D eigenvalue weighted by atomic mass is 10.1. The molecule has 0 spiro atoms. The van der Waals surface area contributed by atoms with E-state index in [0.29, 0.717) is 0 Å². The molecule has 3 atom stereocenters. The van der Waals surface area contributed by atoms with E-state index >= 15 is 0 Å². The maximum atomic E-state index is 10.7. The van der Waals surface area contributed by atoms with Crippen molar-refractivity contribution in [3.63, 3.8) is 0 Å². The first-order valence-electron chi connectivity index (χ1n) is 4.70. The minimum atomic E-state index is -0.812. The molecular formula is C9H17NO3. The summed E-state index contributed by atoms with van der Waals surface area (Å²) in [6.45, 7) is 4.17. The van der Waals surface area contributed by atoms with Crippen LogP contribution < -0.4 is 0 Å². The number of aliphatic hydroxyl groups is 1. The third-order valence-electron chi connectivity index (χ3n) is 2.75. The SMILES string of the molecule is C[C@H](O)[C@H]1CCCN1[C@H](C)C(=O)O. The molecule has 0 radical (unpaired) electrons. The van der Waals surface area contributed by atoms with Gasteiger partial charge in [-0.05, 0) is 33.2 Å². The van der Waals surface area contributed by atoms with Crippen LogP contribution in [0.3, 0.4) is 0 Å². The van der Waals surface area contributed by atoms with E-state index in [1.165, 1.54) is 0 Å². The Labute approximate surface area is 78.2 Å². The molecule has 13 heavy (non-hydrogen) atoms. The molecular weight excluding hydrogens is 170 g/mol. The molecule has 1 aliphatic rings. The second-order valence-corrected chi connectivity index (χ2v) is 3.70. The molecule has 0 aromatic rings. The summed E-state index contributed by atoms with van der Waals surface area (Å²) in [7, 11) is 0.